The molecule has 0 bridgehead atoms. The van der Waals surface area contributed by atoms with Gasteiger partial charge in [-0.05, 0) is 43.9 Å². The van der Waals surface area contributed by atoms with Gasteiger partial charge in [0.15, 0.2) is 0 Å². The van der Waals surface area contributed by atoms with E-state index in [1.54, 1.807) is 0 Å². The number of rotatable bonds is 5. The third-order valence-corrected chi connectivity index (χ3v) is 4.64. The van der Waals surface area contributed by atoms with Gasteiger partial charge in [0.25, 0.3) is 0 Å². The molecule has 0 aliphatic heterocycles. The van der Waals surface area contributed by atoms with E-state index >= 15 is 0 Å². The van der Waals surface area contributed by atoms with Gasteiger partial charge in [-0.3, -0.25) is 4.79 Å². The van der Waals surface area contributed by atoms with E-state index in [1.807, 2.05) is 31.2 Å². The average Bonchev–Trinajstić information content (AvgIpc) is 2.70. The van der Waals surface area contributed by atoms with Crippen LogP contribution in [0.15, 0.2) is 24.3 Å². The van der Waals surface area contributed by atoms with Crippen molar-refractivity contribution in [1.29, 1.82) is 0 Å². The molecular formula is C17H25ClN2O. The van der Waals surface area contributed by atoms with Crippen LogP contribution >= 0.6 is 11.6 Å². The highest BCUT2D eigenvalue weighted by Crippen LogP contribution is 2.22. The van der Waals surface area contributed by atoms with E-state index in [2.05, 4.69) is 5.32 Å². The molecule has 3 nitrogen and oxygen atoms in total. The molecular weight excluding hydrogens is 284 g/mol. The molecule has 1 amide bonds. The SMILES string of the molecule is CC(Cc1ccc(Cl)cc1)(NC1CCCCCC1)C(N)=O. The fraction of sp³-hybridized carbons (Fsp3) is 0.588. The number of primary amides is 1. The summed E-state index contributed by atoms with van der Waals surface area (Å²) in [5.41, 5.74) is 6.04. The van der Waals surface area contributed by atoms with E-state index in [0.29, 0.717) is 17.5 Å². The quantitative estimate of drug-likeness (QED) is 0.819. The first-order valence-corrected chi connectivity index (χ1v) is 8.19. The monoisotopic (exact) mass is 308 g/mol. The zero-order chi connectivity index (χ0) is 15.3. The van der Waals surface area contributed by atoms with E-state index < -0.39 is 5.54 Å². The second-order valence-electron chi connectivity index (χ2n) is 6.33. The maximum atomic E-state index is 12.0. The molecule has 21 heavy (non-hydrogen) atoms. The van der Waals surface area contributed by atoms with E-state index in [9.17, 15) is 4.79 Å². The number of benzene rings is 1. The lowest BCUT2D eigenvalue weighted by atomic mass is 9.90. The van der Waals surface area contributed by atoms with Crippen molar-refractivity contribution in [3.8, 4) is 0 Å². The summed E-state index contributed by atoms with van der Waals surface area (Å²) in [7, 11) is 0. The van der Waals surface area contributed by atoms with Crippen LogP contribution in [0.4, 0.5) is 0 Å². The first-order valence-electron chi connectivity index (χ1n) is 7.82. The number of nitrogens with one attached hydrogen (secondary N) is 1. The molecule has 2 rings (SSSR count). The molecule has 0 heterocycles. The lowest BCUT2D eigenvalue weighted by Crippen LogP contribution is -2.58. The Morgan fingerprint density at radius 3 is 2.33 bits per heavy atom. The Hall–Kier alpha value is -1.06. The van der Waals surface area contributed by atoms with Crippen molar-refractivity contribution in [3.63, 3.8) is 0 Å². The van der Waals surface area contributed by atoms with E-state index in [1.165, 1.54) is 25.7 Å². The zero-order valence-corrected chi connectivity index (χ0v) is 13.5. The van der Waals surface area contributed by atoms with Crippen LogP contribution in [0.25, 0.3) is 0 Å². The van der Waals surface area contributed by atoms with Crippen molar-refractivity contribution in [1.82, 2.24) is 5.32 Å². The maximum absolute atomic E-state index is 12.0. The van der Waals surface area contributed by atoms with Gasteiger partial charge in [0.1, 0.15) is 0 Å². The molecule has 1 aromatic carbocycles. The molecule has 1 aromatic rings. The van der Waals surface area contributed by atoms with Crippen molar-refractivity contribution >= 4 is 17.5 Å². The fourth-order valence-electron chi connectivity index (χ4n) is 3.09. The topological polar surface area (TPSA) is 55.1 Å². The van der Waals surface area contributed by atoms with Crippen LogP contribution in [0.5, 0.6) is 0 Å². The van der Waals surface area contributed by atoms with Gasteiger partial charge in [-0.15, -0.1) is 0 Å². The highest BCUT2D eigenvalue weighted by Gasteiger charge is 2.33. The molecule has 0 saturated heterocycles. The van der Waals surface area contributed by atoms with Gasteiger partial charge < -0.3 is 11.1 Å². The van der Waals surface area contributed by atoms with E-state index in [4.69, 9.17) is 17.3 Å². The summed E-state index contributed by atoms with van der Waals surface area (Å²) in [6, 6.07) is 8.00. The highest BCUT2D eigenvalue weighted by atomic mass is 35.5. The predicted octanol–water partition coefficient (Wildman–Crippen LogP) is 3.44. The smallest absolute Gasteiger partial charge is 0.237 e. The van der Waals surface area contributed by atoms with Gasteiger partial charge in [-0.25, -0.2) is 0 Å². The first kappa shape index (κ1) is 16.3. The van der Waals surface area contributed by atoms with Crippen molar-refractivity contribution in [2.24, 2.45) is 5.73 Å². The number of carbonyl (C=O) groups excluding carboxylic acids is 1. The minimum atomic E-state index is -0.706. The number of hydrogen-bond donors (Lipinski definition) is 2. The molecule has 3 N–H and O–H groups in total. The third-order valence-electron chi connectivity index (χ3n) is 4.39. The minimum absolute atomic E-state index is 0.290. The van der Waals surface area contributed by atoms with Crippen molar-refractivity contribution in [2.75, 3.05) is 0 Å². The summed E-state index contributed by atoms with van der Waals surface area (Å²) in [6.07, 6.45) is 7.90. The Morgan fingerprint density at radius 1 is 1.24 bits per heavy atom. The number of halogens is 1. The number of amides is 1. The lowest BCUT2D eigenvalue weighted by molar-refractivity contribution is -0.124. The second-order valence-corrected chi connectivity index (χ2v) is 6.77. The Morgan fingerprint density at radius 2 is 1.81 bits per heavy atom. The molecule has 1 aliphatic carbocycles. The van der Waals surface area contributed by atoms with Crippen LogP contribution in [-0.4, -0.2) is 17.5 Å². The number of hydrogen-bond acceptors (Lipinski definition) is 2. The van der Waals surface area contributed by atoms with Crippen LogP contribution in [-0.2, 0) is 11.2 Å². The summed E-state index contributed by atoms with van der Waals surface area (Å²) < 4.78 is 0. The predicted molar refractivity (Wildman–Crippen MR) is 87.4 cm³/mol. The molecule has 1 unspecified atom stereocenters. The number of nitrogens with two attached hydrogens (primary N) is 1. The molecule has 0 aromatic heterocycles. The number of carbonyl (C=O) groups is 1. The zero-order valence-electron chi connectivity index (χ0n) is 12.7. The summed E-state index contributed by atoms with van der Waals surface area (Å²) in [6.45, 7) is 1.91. The fourth-order valence-corrected chi connectivity index (χ4v) is 3.22. The normalized spacial score (nSPS) is 19.7. The van der Waals surface area contributed by atoms with Crippen molar-refractivity contribution < 1.29 is 4.79 Å². The van der Waals surface area contributed by atoms with Crippen molar-refractivity contribution in [2.45, 2.75) is 63.5 Å². The molecule has 1 saturated carbocycles. The van der Waals surface area contributed by atoms with Gasteiger partial charge in [-0.1, -0.05) is 49.4 Å². The molecule has 116 valence electrons. The van der Waals surface area contributed by atoms with Gasteiger partial charge in [0.05, 0.1) is 5.54 Å². The highest BCUT2D eigenvalue weighted by molar-refractivity contribution is 6.30. The van der Waals surface area contributed by atoms with E-state index in [-0.39, 0.29) is 5.91 Å². The van der Waals surface area contributed by atoms with Gasteiger partial charge >= 0.3 is 0 Å². The second kappa shape index (κ2) is 7.28. The van der Waals surface area contributed by atoms with E-state index in [0.717, 1.165) is 18.4 Å². The third kappa shape index (κ3) is 4.72. The van der Waals surface area contributed by atoms with Crippen LogP contribution in [0.3, 0.4) is 0 Å². The van der Waals surface area contributed by atoms with Crippen LogP contribution < -0.4 is 11.1 Å². The largest absolute Gasteiger partial charge is 0.368 e. The molecule has 1 fully saturated rings. The Labute approximate surface area is 132 Å². The molecule has 4 heteroatoms. The van der Waals surface area contributed by atoms with Gasteiger partial charge in [0.2, 0.25) is 5.91 Å². The van der Waals surface area contributed by atoms with Gasteiger partial charge in [-0.2, -0.15) is 0 Å². The standard InChI is InChI=1S/C17H25ClN2O/c1-17(16(19)21,12-13-8-10-14(18)11-9-13)20-15-6-4-2-3-5-7-15/h8-11,15,20H,2-7,12H2,1H3,(H2,19,21). The first-order chi connectivity index (χ1) is 9.99. The van der Waals surface area contributed by atoms with Crippen molar-refractivity contribution in [3.05, 3.63) is 34.9 Å². The molecule has 1 aliphatic rings. The Kier molecular flexibility index (Phi) is 5.65. The van der Waals surface area contributed by atoms with Gasteiger partial charge in [0, 0.05) is 11.1 Å². The average molecular weight is 309 g/mol. The lowest BCUT2D eigenvalue weighted by Gasteiger charge is -2.32. The molecule has 0 spiro atoms. The summed E-state index contributed by atoms with van der Waals surface area (Å²) >= 11 is 5.91. The summed E-state index contributed by atoms with van der Waals surface area (Å²) in [4.78, 5) is 12.0. The summed E-state index contributed by atoms with van der Waals surface area (Å²) in [5.74, 6) is -0.290. The summed E-state index contributed by atoms with van der Waals surface area (Å²) in [5, 5.41) is 4.23. The Bertz CT molecular complexity index is 466. The van der Waals surface area contributed by atoms with Crippen LogP contribution in [0.1, 0.15) is 51.0 Å². The Balaban J connectivity index is 2.07. The van der Waals surface area contributed by atoms with Crippen LogP contribution in [0, 0.1) is 0 Å². The molecule has 0 radical (unpaired) electrons. The molecule has 1 atom stereocenters. The van der Waals surface area contributed by atoms with Crippen LogP contribution in [0.2, 0.25) is 5.02 Å². The minimum Gasteiger partial charge on any atom is -0.368 e. The maximum Gasteiger partial charge on any atom is 0.237 e.